The average Bonchev–Trinajstić information content (AvgIpc) is 2.90. The maximum absolute atomic E-state index is 11.6. The van der Waals surface area contributed by atoms with Crippen LogP contribution in [-0.2, 0) is 14.3 Å². The fourth-order valence-corrected chi connectivity index (χ4v) is 1.63. The zero-order chi connectivity index (χ0) is 10.3. The molecule has 1 aliphatic carbocycles. The van der Waals surface area contributed by atoms with Crippen molar-refractivity contribution < 1.29 is 19.4 Å². The van der Waals surface area contributed by atoms with E-state index in [0.717, 1.165) is 12.8 Å². The fourth-order valence-electron chi connectivity index (χ4n) is 1.63. The summed E-state index contributed by atoms with van der Waals surface area (Å²) in [6.45, 7) is 0.183. The van der Waals surface area contributed by atoms with Crippen LogP contribution < -0.4 is 0 Å². The highest BCUT2D eigenvalue weighted by molar-refractivity contribution is 6.04. The minimum Gasteiger partial charge on any atom is -0.491 e. The molecule has 1 N–H and O–H groups in total. The Morgan fingerprint density at radius 3 is 2.57 bits per heavy atom. The first kappa shape index (κ1) is 9.05. The number of carbonyl (C=O) groups is 2. The van der Waals surface area contributed by atoms with Gasteiger partial charge in [0.25, 0.3) is 5.91 Å². The first-order valence-corrected chi connectivity index (χ1v) is 4.46. The van der Waals surface area contributed by atoms with Gasteiger partial charge in [-0.25, -0.2) is 4.79 Å². The highest BCUT2D eigenvalue weighted by atomic mass is 16.5. The standard InChI is InChI=1S/C9H11NO4/c1-14-7-6(9(12)13)4-10(8(7)11)5-2-3-5/h5H,2-4H2,1H3,(H,12,13). The third-order valence-electron chi connectivity index (χ3n) is 2.51. The van der Waals surface area contributed by atoms with Crippen LogP contribution in [0.25, 0.3) is 0 Å². The van der Waals surface area contributed by atoms with E-state index in [4.69, 9.17) is 9.84 Å². The predicted molar refractivity (Wildman–Crippen MR) is 46.4 cm³/mol. The molecule has 2 aliphatic rings. The van der Waals surface area contributed by atoms with Crippen LogP contribution in [0.5, 0.6) is 0 Å². The van der Waals surface area contributed by atoms with Crippen molar-refractivity contribution in [1.29, 1.82) is 0 Å². The number of aliphatic carboxylic acids is 1. The van der Waals surface area contributed by atoms with Crippen molar-refractivity contribution >= 4 is 11.9 Å². The molecule has 2 rings (SSSR count). The molecule has 0 radical (unpaired) electrons. The van der Waals surface area contributed by atoms with Crippen LogP contribution in [-0.4, -0.2) is 41.6 Å². The van der Waals surface area contributed by atoms with Gasteiger partial charge in [0.15, 0.2) is 5.76 Å². The van der Waals surface area contributed by atoms with E-state index in [1.165, 1.54) is 7.11 Å². The number of nitrogens with zero attached hydrogens (tertiary/aromatic N) is 1. The van der Waals surface area contributed by atoms with E-state index < -0.39 is 5.97 Å². The van der Waals surface area contributed by atoms with Gasteiger partial charge >= 0.3 is 5.97 Å². The smallest absolute Gasteiger partial charge is 0.337 e. The van der Waals surface area contributed by atoms with E-state index in [9.17, 15) is 9.59 Å². The summed E-state index contributed by atoms with van der Waals surface area (Å²) in [7, 11) is 1.33. The number of amides is 1. The summed E-state index contributed by atoms with van der Waals surface area (Å²) >= 11 is 0. The number of carbonyl (C=O) groups excluding carboxylic acids is 1. The van der Waals surface area contributed by atoms with E-state index in [1.807, 2.05) is 0 Å². The minimum atomic E-state index is -1.07. The van der Waals surface area contributed by atoms with Crippen molar-refractivity contribution in [3.8, 4) is 0 Å². The Balaban J connectivity index is 2.24. The largest absolute Gasteiger partial charge is 0.491 e. The lowest BCUT2D eigenvalue weighted by Gasteiger charge is -2.14. The summed E-state index contributed by atoms with van der Waals surface area (Å²) in [5, 5.41) is 8.84. The summed E-state index contributed by atoms with van der Waals surface area (Å²) in [5.41, 5.74) is 0.0735. The molecule has 1 aliphatic heterocycles. The number of hydrogen-bond acceptors (Lipinski definition) is 3. The zero-order valence-electron chi connectivity index (χ0n) is 7.82. The second kappa shape index (κ2) is 3.01. The molecule has 5 heteroatoms. The quantitative estimate of drug-likeness (QED) is 0.690. The molecule has 0 bridgehead atoms. The van der Waals surface area contributed by atoms with Gasteiger partial charge in [0.1, 0.15) is 5.57 Å². The molecule has 0 spiro atoms. The molecule has 1 fully saturated rings. The monoisotopic (exact) mass is 197 g/mol. The maximum Gasteiger partial charge on any atom is 0.337 e. The van der Waals surface area contributed by atoms with Gasteiger partial charge in [0.05, 0.1) is 13.7 Å². The molecule has 1 heterocycles. The maximum atomic E-state index is 11.6. The van der Waals surface area contributed by atoms with Gasteiger partial charge in [0, 0.05) is 6.04 Å². The summed E-state index contributed by atoms with van der Waals surface area (Å²) < 4.78 is 4.81. The number of ether oxygens (including phenoxy) is 1. The molecule has 1 saturated carbocycles. The van der Waals surface area contributed by atoms with E-state index in [1.54, 1.807) is 4.90 Å². The Kier molecular flexibility index (Phi) is 1.94. The molecule has 0 unspecified atom stereocenters. The highest BCUT2D eigenvalue weighted by Gasteiger charge is 2.42. The van der Waals surface area contributed by atoms with Gasteiger partial charge < -0.3 is 14.7 Å². The van der Waals surface area contributed by atoms with Crippen molar-refractivity contribution in [3.63, 3.8) is 0 Å². The van der Waals surface area contributed by atoms with Crippen molar-refractivity contribution in [2.24, 2.45) is 0 Å². The highest BCUT2D eigenvalue weighted by Crippen LogP contribution is 2.33. The zero-order valence-corrected chi connectivity index (χ0v) is 7.82. The van der Waals surface area contributed by atoms with Crippen LogP contribution in [0.4, 0.5) is 0 Å². The Hall–Kier alpha value is -1.52. The first-order chi connectivity index (χ1) is 6.65. The van der Waals surface area contributed by atoms with E-state index in [-0.39, 0.29) is 29.8 Å². The van der Waals surface area contributed by atoms with Gasteiger partial charge in [-0.2, -0.15) is 0 Å². The molecule has 5 nitrogen and oxygen atoms in total. The number of hydrogen-bond donors (Lipinski definition) is 1. The van der Waals surface area contributed by atoms with Crippen molar-refractivity contribution in [3.05, 3.63) is 11.3 Å². The molecule has 14 heavy (non-hydrogen) atoms. The molecule has 76 valence electrons. The summed E-state index contributed by atoms with van der Waals surface area (Å²) in [6, 6.07) is 0.226. The van der Waals surface area contributed by atoms with Crippen LogP contribution in [0.15, 0.2) is 11.3 Å². The lowest BCUT2D eigenvalue weighted by molar-refractivity contribution is -0.133. The molecule has 1 amide bonds. The molecule has 0 aromatic carbocycles. The lowest BCUT2D eigenvalue weighted by Crippen LogP contribution is -2.29. The minimum absolute atomic E-state index is 0.00981. The van der Waals surface area contributed by atoms with Crippen LogP contribution in [0.2, 0.25) is 0 Å². The molecule has 0 atom stereocenters. The Morgan fingerprint density at radius 1 is 1.57 bits per heavy atom. The normalized spacial score (nSPS) is 21.8. The lowest BCUT2D eigenvalue weighted by atomic mass is 10.2. The van der Waals surface area contributed by atoms with Crippen LogP contribution >= 0.6 is 0 Å². The van der Waals surface area contributed by atoms with Crippen LogP contribution in [0.3, 0.4) is 0 Å². The Labute approximate surface area is 80.9 Å². The molecule has 0 aromatic heterocycles. The molecule has 0 aromatic rings. The second-order valence-corrected chi connectivity index (χ2v) is 3.48. The fraction of sp³-hybridized carbons (Fsp3) is 0.556. The Morgan fingerprint density at radius 2 is 2.21 bits per heavy atom. The number of rotatable bonds is 3. The second-order valence-electron chi connectivity index (χ2n) is 3.48. The third kappa shape index (κ3) is 1.25. The summed E-state index contributed by atoms with van der Waals surface area (Å²) in [5.74, 6) is -1.37. The molecular formula is C9H11NO4. The third-order valence-corrected chi connectivity index (χ3v) is 2.51. The van der Waals surface area contributed by atoms with Gasteiger partial charge in [0.2, 0.25) is 0 Å². The van der Waals surface area contributed by atoms with Crippen molar-refractivity contribution in [2.75, 3.05) is 13.7 Å². The summed E-state index contributed by atoms with van der Waals surface area (Å²) in [4.78, 5) is 24.0. The van der Waals surface area contributed by atoms with Crippen LogP contribution in [0.1, 0.15) is 12.8 Å². The summed E-state index contributed by atoms with van der Waals surface area (Å²) in [6.07, 6.45) is 1.94. The van der Waals surface area contributed by atoms with Crippen LogP contribution in [0, 0.1) is 0 Å². The number of carboxylic acids is 1. The average molecular weight is 197 g/mol. The number of carboxylic acid groups (broad SMARTS) is 1. The number of methoxy groups -OCH3 is 1. The van der Waals surface area contributed by atoms with E-state index in [0.29, 0.717) is 0 Å². The SMILES string of the molecule is COC1=C(C(=O)O)CN(C2CC2)C1=O. The first-order valence-electron chi connectivity index (χ1n) is 4.46. The van der Waals surface area contributed by atoms with Crippen molar-refractivity contribution in [1.82, 2.24) is 4.90 Å². The van der Waals surface area contributed by atoms with E-state index >= 15 is 0 Å². The van der Waals surface area contributed by atoms with Gasteiger partial charge in [-0.3, -0.25) is 4.79 Å². The van der Waals surface area contributed by atoms with Gasteiger partial charge in [-0.1, -0.05) is 0 Å². The topological polar surface area (TPSA) is 66.8 Å². The Bertz CT molecular complexity index is 330. The van der Waals surface area contributed by atoms with Gasteiger partial charge in [-0.15, -0.1) is 0 Å². The predicted octanol–water partition coefficient (Wildman–Crippen LogP) is -0.0239. The molecule has 0 saturated heterocycles. The van der Waals surface area contributed by atoms with Crippen molar-refractivity contribution in [2.45, 2.75) is 18.9 Å². The van der Waals surface area contributed by atoms with Gasteiger partial charge in [-0.05, 0) is 12.8 Å². The van der Waals surface area contributed by atoms with E-state index in [2.05, 4.69) is 0 Å². The molecular weight excluding hydrogens is 186 g/mol.